The molecule has 0 radical (unpaired) electrons. The van der Waals surface area contributed by atoms with Crippen molar-refractivity contribution in [3.8, 4) is 0 Å². The van der Waals surface area contributed by atoms with Gasteiger partial charge in [-0.1, -0.05) is 18.2 Å². The number of nitrogens with two attached hydrogens (primary N) is 1. The molecule has 3 rings (SSSR count). The highest BCUT2D eigenvalue weighted by Crippen LogP contribution is 2.28. The lowest BCUT2D eigenvalue weighted by Gasteiger charge is -2.02. The Labute approximate surface area is 166 Å². The van der Waals surface area contributed by atoms with Gasteiger partial charge in [0, 0.05) is 18.0 Å². The van der Waals surface area contributed by atoms with Crippen LogP contribution in [-0.4, -0.2) is 38.5 Å². The van der Waals surface area contributed by atoms with E-state index in [4.69, 9.17) is 15.9 Å². The Kier molecular flexibility index (Phi) is 6.18. The molecule has 1 amide bonds. The predicted octanol–water partition coefficient (Wildman–Crippen LogP) is 3.10. The third-order valence-corrected chi connectivity index (χ3v) is 4.36. The first kappa shape index (κ1) is 21.4. The van der Waals surface area contributed by atoms with Crippen molar-refractivity contribution in [1.82, 2.24) is 4.57 Å². The molecule has 0 saturated heterocycles. The molecule has 0 bridgehead atoms. The number of aryl methyl sites for hydroxylation is 1. The summed E-state index contributed by atoms with van der Waals surface area (Å²) in [7, 11) is 0. The third kappa shape index (κ3) is 4.32. The number of benzene rings is 2. The van der Waals surface area contributed by atoms with Crippen molar-refractivity contribution in [2.24, 2.45) is 5.73 Å². The maximum absolute atomic E-state index is 11.6. The molecule has 0 atom stereocenters. The largest absolute Gasteiger partial charge is 0.478 e. The standard InChI is InChI=1S/C13H14N2O2.C8H6O4/c1-7-5-4-6-10-11(7)12(13(14)17)8(2)15(10)9(3)16;9-7(10)5-2-1-3-6(4-5)8(11)12/h4-6H,1-3H3,(H2,14,17);1-4H,(H,9,10)(H,11,12). The lowest BCUT2D eigenvalue weighted by molar-refractivity contribution is 0.0696. The van der Waals surface area contributed by atoms with E-state index in [9.17, 15) is 19.2 Å². The number of carbonyl (C=O) groups excluding carboxylic acids is 2. The van der Waals surface area contributed by atoms with Crippen LogP contribution in [0.1, 0.15) is 54.0 Å². The zero-order valence-corrected chi connectivity index (χ0v) is 16.1. The van der Waals surface area contributed by atoms with Crippen LogP contribution < -0.4 is 5.73 Å². The maximum atomic E-state index is 11.6. The van der Waals surface area contributed by atoms with Gasteiger partial charge in [-0.15, -0.1) is 0 Å². The monoisotopic (exact) mass is 396 g/mol. The van der Waals surface area contributed by atoms with E-state index in [-0.39, 0.29) is 17.0 Å². The van der Waals surface area contributed by atoms with Crippen molar-refractivity contribution in [2.75, 3.05) is 0 Å². The zero-order valence-electron chi connectivity index (χ0n) is 16.1. The fraction of sp³-hybridized carbons (Fsp3) is 0.143. The minimum Gasteiger partial charge on any atom is -0.478 e. The fourth-order valence-corrected chi connectivity index (χ4v) is 3.13. The average Bonchev–Trinajstić information content (AvgIpc) is 2.96. The van der Waals surface area contributed by atoms with Crippen LogP contribution in [0.15, 0.2) is 42.5 Å². The second-order valence-electron chi connectivity index (χ2n) is 6.34. The Balaban J connectivity index is 0.000000221. The number of amides is 1. The Bertz CT molecular complexity index is 1110. The number of hydrogen-bond donors (Lipinski definition) is 3. The molecule has 1 heterocycles. The van der Waals surface area contributed by atoms with Crippen LogP contribution in [-0.2, 0) is 0 Å². The molecule has 0 saturated carbocycles. The molecule has 29 heavy (non-hydrogen) atoms. The molecule has 8 nitrogen and oxygen atoms in total. The molecule has 0 aliphatic rings. The van der Waals surface area contributed by atoms with Crippen molar-refractivity contribution in [3.05, 3.63) is 70.4 Å². The van der Waals surface area contributed by atoms with Gasteiger partial charge in [0.15, 0.2) is 0 Å². The number of aromatic carboxylic acids is 2. The quantitative estimate of drug-likeness (QED) is 0.621. The highest BCUT2D eigenvalue weighted by molar-refractivity contribution is 6.11. The van der Waals surface area contributed by atoms with E-state index in [1.54, 1.807) is 6.92 Å². The first-order chi connectivity index (χ1) is 13.6. The fourth-order valence-electron chi connectivity index (χ4n) is 3.13. The molecule has 0 fully saturated rings. The number of hydrogen-bond acceptors (Lipinski definition) is 4. The Morgan fingerprint density at radius 1 is 0.897 bits per heavy atom. The van der Waals surface area contributed by atoms with E-state index in [1.165, 1.54) is 29.7 Å². The summed E-state index contributed by atoms with van der Waals surface area (Å²) in [5, 5.41) is 17.8. The van der Waals surface area contributed by atoms with E-state index in [0.29, 0.717) is 11.3 Å². The first-order valence-electron chi connectivity index (χ1n) is 8.54. The van der Waals surface area contributed by atoms with Crippen LogP contribution in [0, 0.1) is 13.8 Å². The lowest BCUT2D eigenvalue weighted by atomic mass is 10.1. The van der Waals surface area contributed by atoms with Crippen molar-refractivity contribution >= 4 is 34.7 Å². The lowest BCUT2D eigenvalue weighted by Crippen LogP contribution is -2.14. The van der Waals surface area contributed by atoms with E-state index in [0.717, 1.165) is 22.5 Å². The number of fused-ring (bicyclic) bond motifs is 1. The van der Waals surface area contributed by atoms with Gasteiger partial charge in [-0.3, -0.25) is 14.2 Å². The maximum Gasteiger partial charge on any atom is 0.335 e. The second-order valence-corrected chi connectivity index (χ2v) is 6.34. The molecular weight excluding hydrogens is 376 g/mol. The van der Waals surface area contributed by atoms with Crippen LogP contribution in [0.3, 0.4) is 0 Å². The van der Waals surface area contributed by atoms with Gasteiger partial charge in [-0.25, -0.2) is 9.59 Å². The molecule has 4 N–H and O–H groups in total. The van der Waals surface area contributed by atoms with Gasteiger partial charge >= 0.3 is 11.9 Å². The number of carbonyl (C=O) groups is 4. The molecule has 0 aliphatic heterocycles. The average molecular weight is 396 g/mol. The molecule has 1 aromatic heterocycles. The highest BCUT2D eigenvalue weighted by atomic mass is 16.4. The summed E-state index contributed by atoms with van der Waals surface area (Å²) < 4.78 is 1.53. The number of primary amides is 1. The van der Waals surface area contributed by atoms with E-state index < -0.39 is 17.8 Å². The molecule has 8 heteroatoms. The van der Waals surface area contributed by atoms with E-state index >= 15 is 0 Å². The summed E-state index contributed by atoms with van der Waals surface area (Å²) in [6.07, 6.45) is 0. The van der Waals surface area contributed by atoms with Gasteiger partial charge in [0.1, 0.15) is 0 Å². The summed E-state index contributed by atoms with van der Waals surface area (Å²) in [6.45, 7) is 5.11. The van der Waals surface area contributed by atoms with Gasteiger partial charge in [0.2, 0.25) is 5.91 Å². The smallest absolute Gasteiger partial charge is 0.335 e. The number of rotatable bonds is 3. The molecular formula is C21H20N2O6. The molecule has 0 spiro atoms. The summed E-state index contributed by atoms with van der Waals surface area (Å²) in [5.41, 5.74) is 8.09. The number of aromatic nitrogens is 1. The minimum atomic E-state index is -1.13. The summed E-state index contributed by atoms with van der Waals surface area (Å²) in [6, 6.07) is 10.8. The first-order valence-corrected chi connectivity index (χ1v) is 8.54. The third-order valence-electron chi connectivity index (χ3n) is 4.36. The van der Waals surface area contributed by atoms with Crippen molar-refractivity contribution in [1.29, 1.82) is 0 Å². The van der Waals surface area contributed by atoms with E-state index in [2.05, 4.69) is 0 Å². The molecule has 3 aromatic rings. The Morgan fingerprint density at radius 3 is 1.86 bits per heavy atom. The van der Waals surface area contributed by atoms with Crippen LogP contribution in [0.25, 0.3) is 10.9 Å². The zero-order chi connectivity index (χ0) is 21.9. The Hall–Kier alpha value is -3.94. The van der Waals surface area contributed by atoms with Crippen molar-refractivity contribution in [3.63, 3.8) is 0 Å². The molecule has 0 unspecified atom stereocenters. The summed E-state index contributed by atoms with van der Waals surface area (Å²) >= 11 is 0. The number of carboxylic acids is 2. The second kappa shape index (κ2) is 8.39. The molecule has 0 aliphatic carbocycles. The normalized spacial score (nSPS) is 10.2. The van der Waals surface area contributed by atoms with Crippen LogP contribution >= 0.6 is 0 Å². The topological polar surface area (TPSA) is 140 Å². The summed E-state index contributed by atoms with van der Waals surface area (Å²) in [4.78, 5) is 43.9. The molecule has 150 valence electrons. The van der Waals surface area contributed by atoms with Crippen LogP contribution in [0.5, 0.6) is 0 Å². The predicted molar refractivity (Wildman–Crippen MR) is 107 cm³/mol. The minimum absolute atomic E-state index is 0.0186. The van der Waals surface area contributed by atoms with Gasteiger partial charge in [0.05, 0.1) is 22.2 Å². The van der Waals surface area contributed by atoms with Crippen LogP contribution in [0.4, 0.5) is 0 Å². The van der Waals surface area contributed by atoms with Gasteiger partial charge in [-0.05, 0) is 43.7 Å². The molecule has 2 aromatic carbocycles. The SMILES string of the molecule is CC(=O)n1c(C)c(C(N)=O)c2c(C)cccc21.O=C(O)c1cccc(C(=O)O)c1. The number of carboxylic acid groups (broad SMARTS) is 2. The van der Waals surface area contributed by atoms with Crippen molar-refractivity contribution in [2.45, 2.75) is 20.8 Å². The van der Waals surface area contributed by atoms with E-state index in [1.807, 2.05) is 25.1 Å². The Morgan fingerprint density at radius 2 is 1.41 bits per heavy atom. The van der Waals surface area contributed by atoms with Gasteiger partial charge in [0.25, 0.3) is 5.91 Å². The number of nitrogens with zero attached hydrogens (tertiary/aromatic N) is 1. The highest BCUT2D eigenvalue weighted by Gasteiger charge is 2.20. The van der Waals surface area contributed by atoms with Crippen molar-refractivity contribution < 1.29 is 29.4 Å². The van der Waals surface area contributed by atoms with Crippen LogP contribution in [0.2, 0.25) is 0 Å². The summed E-state index contributed by atoms with van der Waals surface area (Å²) in [5.74, 6) is -2.87. The van der Waals surface area contributed by atoms with Gasteiger partial charge in [-0.2, -0.15) is 0 Å². The van der Waals surface area contributed by atoms with Gasteiger partial charge < -0.3 is 15.9 Å².